The van der Waals surface area contributed by atoms with Crippen molar-refractivity contribution in [2.45, 2.75) is 18.9 Å². The Morgan fingerprint density at radius 3 is 2.65 bits per heavy atom. The zero-order chi connectivity index (χ0) is 12.3. The van der Waals surface area contributed by atoms with Crippen molar-refractivity contribution in [1.82, 2.24) is 9.78 Å². The van der Waals surface area contributed by atoms with Crippen LogP contribution in [-0.2, 0) is 5.60 Å². The molecular formula is C13H17N3O. The second-order valence-electron chi connectivity index (χ2n) is 4.28. The van der Waals surface area contributed by atoms with Crippen molar-refractivity contribution < 1.29 is 5.11 Å². The maximum Gasteiger partial charge on any atom is 0.105 e. The predicted molar refractivity (Wildman–Crippen MR) is 66.8 cm³/mol. The molecule has 0 aliphatic rings. The monoisotopic (exact) mass is 231 g/mol. The summed E-state index contributed by atoms with van der Waals surface area (Å²) in [5.74, 6) is 0. The minimum Gasteiger partial charge on any atom is -0.384 e. The van der Waals surface area contributed by atoms with Crippen LogP contribution in [0.25, 0.3) is 5.69 Å². The molecule has 0 bridgehead atoms. The zero-order valence-corrected chi connectivity index (χ0v) is 9.87. The first-order valence-electron chi connectivity index (χ1n) is 5.67. The number of aliphatic hydroxyl groups is 1. The molecule has 3 N–H and O–H groups in total. The number of hydrogen-bond donors (Lipinski definition) is 2. The van der Waals surface area contributed by atoms with Crippen molar-refractivity contribution in [2.24, 2.45) is 5.73 Å². The minimum atomic E-state index is -0.957. The molecule has 1 unspecified atom stereocenters. The Hall–Kier alpha value is -1.65. The highest BCUT2D eigenvalue weighted by Crippen LogP contribution is 2.25. The van der Waals surface area contributed by atoms with Crippen LogP contribution in [0.15, 0.2) is 42.6 Å². The number of para-hydroxylation sites is 1. The van der Waals surface area contributed by atoms with Gasteiger partial charge in [0.05, 0.1) is 11.4 Å². The lowest BCUT2D eigenvalue weighted by Crippen LogP contribution is -2.28. The van der Waals surface area contributed by atoms with E-state index in [9.17, 15) is 5.11 Å². The van der Waals surface area contributed by atoms with Gasteiger partial charge in [0.1, 0.15) is 5.60 Å². The molecule has 1 heterocycles. The van der Waals surface area contributed by atoms with Crippen LogP contribution in [0.1, 0.15) is 19.0 Å². The lowest BCUT2D eigenvalue weighted by atomic mass is 9.98. The highest BCUT2D eigenvalue weighted by atomic mass is 16.3. The van der Waals surface area contributed by atoms with E-state index in [2.05, 4.69) is 5.10 Å². The maximum atomic E-state index is 10.4. The van der Waals surface area contributed by atoms with Crippen LogP contribution in [0.2, 0.25) is 0 Å². The van der Waals surface area contributed by atoms with Gasteiger partial charge in [0.2, 0.25) is 0 Å². The number of aromatic nitrogens is 2. The Kier molecular flexibility index (Phi) is 3.26. The molecule has 0 saturated heterocycles. The van der Waals surface area contributed by atoms with E-state index in [1.807, 2.05) is 36.4 Å². The molecule has 1 aromatic heterocycles. The van der Waals surface area contributed by atoms with Crippen LogP contribution in [0.3, 0.4) is 0 Å². The van der Waals surface area contributed by atoms with E-state index >= 15 is 0 Å². The van der Waals surface area contributed by atoms with Crippen molar-refractivity contribution in [3.05, 3.63) is 48.3 Å². The average Bonchev–Trinajstić information content (AvgIpc) is 2.79. The lowest BCUT2D eigenvalue weighted by molar-refractivity contribution is 0.0434. The molecule has 1 atom stereocenters. The summed E-state index contributed by atoms with van der Waals surface area (Å²) in [5.41, 5.74) is 6.26. The molecule has 0 amide bonds. The topological polar surface area (TPSA) is 64.1 Å². The van der Waals surface area contributed by atoms with Crippen molar-refractivity contribution in [3.63, 3.8) is 0 Å². The smallest absolute Gasteiger partial charge is 0.105 e. The maximum absolute atomic E-state index is 10.4. The molecule has 0 radical (unpaired) electrons. The Bertz CT molecular complexity index is 476. The summed E-state index contributed by atoms with van der Waals surface area (Å²) >= 11 is 0. The van der Waals surface area contributed by atoms with Gasteiger partial charge >= 0.3 is 0 Å². The number of hydrogen-bond acceptors (Lipinski definition) is 3. The second-order valence-corrected chi connectivity index (χ2v) is 4.28. The van der Waals surface area contributed by atoms with Gasteiger partial charge < -0.3 is 10.8 Å². The second kappa shape index (κ2) is 4.69. The molecule has 17 heavy (non-hydrogen) atoms. The van der Waals surface area contributed by atoms with Crippen molar-refractivity contribution in [2.75, 3.05) is 6.54 Å². The normalized spacial score (nSPS) is 14.5. The molecule has 90 valence electrons. The molecule has 0 spiro atoms. The summed E-state index contributed by atoms with van der Waals surface area (Å²) in [5, 5.41) is 14.6. The number of rotatable bonds is 4. The van der Waals surface area contributed by atoms with Gasteiger partial charge in [-0.25, -0.2) is 4.68 Å². The van der Waals surface area contributed by atoms with Gasteiger partial charge in [-0.05, 0) is 38.1 Å². The predicted octanol–water partition coefficient (Wildman–Crippen LogP) is 1.43. The Labute approximate surface area is 101 Å². The first kappa shape index (κ1) is 11.8. The Morgan fingerprint density at radius 1 is 1.29 bits per heavy atom. The van der Waals surface area contributed by atoms with Gasteiger partial charge in [0.25, 0.3) is 0 Å². The summed E-state index contributed by atoms with van der Waals surface area (Å²) in [6.45, 7) is 2.20. The summed E-state index contributed by atoms with van der Waals surface area (Å²) in [4.78, 5) is 0. The molecule has 0 aliphatic heterocycles. The quantitative estimate of drug-likeness (QED) is 0.836. The van der Waals surface area contributed by atoms with Crippen molar-refractivity contribution >= 4 is 0 Å². The summed E-state index contributed by atoms with van der Waals surface area (Å²) in [6, 6.07) is 11.6. The number of nitrogens with zero attached hydrogens (tertiary/aromatic N) is 2. The summed E-state index contributed by atoms with van der Waals surface area (Å²) < 4.78 is 1.75. The van der Waals surface area contributed by atoms with Crippen LogP contribution in [0.4, 0.5) is 0 Å². The van der Waals surface area contributed by atoms with Gasteiger partial charge in [-0.15, -0.1) is 0 Å². The Balaban J connectivity index is 2.42. The molecule has 4 heteroatoms. The van der Waals surface area contributed by atoms with Crippen LogP contribution in [0.5, 0.6) is 0 Å². The average molecular weight is 231 g/mol. The number of benzene rings is 1. The van der Waals surface area contributed by atoms with Gasteiger partial charge in [-0.1, -0.05) is 18.2 Å². The highest BCUT2D eigenvalue weighted by Gasteiger charge is 2.26. The van der Waals surface area contributed by atoms with E-state index in [0.717, 1.165) is 11.4 Å². The zero-order valence-electron chi connectivity index (χ0n) is 9.87. The van der Waals surface area contributed by atoms with E-state index in [-0.39, 0.29) is 0 Å². The molecule has 4 nitrogen and oxygen atoms in total. The standard InChI is InChI=1S/C13H17N3O/c1-13(17,8-9-14)12-7-10-15-16(12)11-5-3-2-4-6-11/h2-7,10,17H,8-9,14H2,1H3. The Morgan fingerprint density at radius 2 is 2.00 bits per heavy atom. The van der Waals surface area contributed by atoms with Crippen molar-refractivity contribution in [1.29, 1.82) is 0 Å². The SMILES string of the molecule is CC(O)(CCN)c1ccnn1-c1ccccc1. The molecule has 0 saturated carbocycles. The van der Waals surface area contributed by atoms with E-state index in [1.54, 1.807) is 17.8 Å². The third kappa shape index (κ3) is 2.38. The molecule has 2 aromatic rings. The fourth-order valence-electron chi connectivity index (χ4n) is 1.90. The lowest BCUT2D eigenvalue weighted by Gasteiger charge is -2.23. The van der Waals surface area contributed by atoms with E-state index in [4.69, 9.17) is 5.73 Å². The summed E-state index contributed by atoms with van der Waals surface area (Å²) in [7, 11) is 0. The highest BCUT2D eigenvalue weighted by molar-refractivity contribution is 5.33. The van der Waals surface area contributed by atoms with Crippen LogP contribution in [0, 0.1) is 0 Å². The third-order valence-corrected chi connectivity index (χ3v) is 2.83. The van der Waals surface area contributed by atoms with E-state index in [0.29, 0.717) is 13.0 Å². The first-order valence-corrected chi connectivity index (χ1v) is 5.67. The van der Waals surface area contributed by atoms with Crippen LogP contribution >= 0.6 is 0 Å². The number of nitrogens with two attached hydrogens (primary N) is 1. The van der Waals surface area contributed by atoms with Crippen LogP contribution < -0.4 is 5.73 Å². The molecular weight excluding hydrogens is 214 g/mol. The van der Waals surface area contributed by atoms with Gasteiger partial charge in [0, 0.05) is 6.20 Å². The fourth-order valence-corrected chi connectivity index (χ4v) is 1.90. The van der Waals surface area contributed by atoms with Crippen LogP contribution in [-0.4, -0.2) is 21.4 Å². The van der Waals surface area contributed by atoms with Gasteiger partial charge in [-0.3, -0.25) is 0 Å². The molecule has 1 aromatic carbocycles. The van der Waals surface area contributed by atoms with Gasteiger partial charge in [0.15, 0.2) is 0 Å². The van der Waals surface area contributed by atoms with E-state index in [1.165, 1.54) is 0 Å². The van der Waals surface area contributed by atoms with Crippen molar-refractivity contribution in [3.8, 4) is 5.69 Å². The molecule has 0 aliphatic carbocycles. The summed E-state index contributed by atoms with van der Waals surface area (Å²) in [6.07, 6.45) is 2.19. The fraction of sp³-hybridized carbons (Fsp3) is 0.308. The minimum absolute atomic E-state index is 0.437. The first-order chi connectivity index (χ1) is 8.15. The third-order valence-electron chi connectivity index (χ3n) is 2.83. The van der Waals surface area contributed by atoms with E-state index < -0.39 is 5.60 Å². The largest absolute Gasteiger partial charge is 0.384 e. The molecule has 2 rings (SSSR count). The molecule has 0 fully saturated rings. The van der Waals surface area contributed by atoms with Gasteiger partial charge in [-0.2, -0.15) is 5.10 Å².